The van der Waals surface area contributed by atoms with E-state index in [4.69, 9.17) is 16.3 Å². The Morgan fingerprint density at radius 1 is 0.882 bits per heavy atom. The lowest BCUT2D eigenvalue weighted by atomic mass is 10.1. The van der Waals surface area contributed by atoms with E-state index in [2.05, 4.69) is 10.6 Å². The second-order valence-corrected chi connectivity index (χ2v) is 8.14. The number of nitrogens with zero attached hydrogens (tertiary/aromatic N) is 1. The van der Waals surface area contributed by atoms with E-state index in [1.807, 2.05) is 32.0 Å². The number of aryl methyl sites for hydroxylation is 2. The molecule has 8 heteroatoms. The zero-order chi connectivity index (χ0) is 24.4. The molecule has 0 aliphatic carbocycles. The van der Waals surface area contributed by atoms with Crippen molar-refractivity contribution in [1.82, 2.24) is 0 Å². The lowest BCUT2D eigenvalue weighted by molar-refractivity contribution is -0.120. The molecule has 3 amide bonds. The number of carbonyl (C=O) groups is 3. The quantitative estimate of drug-likeness (QED) is 0.490. The first-order chi connectivity index (χ1) is 16.3. The van der Waals surface area contributed by atoms with E-state index in [1.165, 1.54) is 7.11 Å². The van der Waals surface area contributed by atoms with Gasteiger partial charge in [0.2, 0.25) is 0 Å². The van der Waals surface area contributed by atoms with Crippen LogP contribution in [-0.2, 0) is 9.59 Å². The van der Waals surface area contributed by atoms with Gasteiger partial charge in [-0.05, 0) is 67.4 Å². The molecule has 3 aromatic rings. The van der Waals surface area contributed by atoms with Gasteiger partial charge in [-0.15, -0.1) is 0 Å². The van der Waals surface area contributed by atoms with Gasteiger partial charge in [0.1, 0.15) is 16.5 Å². The van der Waals surface area contributed by atoms with Gasteiger partial charge in [0.25, 0.3) is 17.7 Å². The molecular weight excluding hydrogens is 454 g/mol. The van der Waals surface area contributed by atoms with Crippen LogP contribution in [0.15, 0.2) is 77.5 Å². The molecule has 0 atom stereocenters. The first kappa shape index (κ1) is 23.1. The second kappa shape index (κ2) is 9.41. The molecule has 1 heterocycles. The number of rotatable bonds is 6. The van der Waals surface area contributed by atoms with Gasteiger partial charge >= 0.3 is 0 Å². The van der Waals surface area contributed by atoms with Crippen molar-refractivity contribution in [2.45, 2.75) is 13.8 Å². The third-order valence-electron chi connectivity index (χ3n) is 5.51. The molecule has 172 valence electrons. The molecule has 34 heavy (non-hydrogen) atoms. The van der Waals surface area contributed by atoms with Crippen LogP contribution in [0.3, 0.4) is 0 Å². The molecular formula is C26H22ClN3O4. The SMILES string of the molecule is COc1ccccc1N1C(=O)C(Cl)=C(Nc2cccc(C(=O)Nc3ccc(C)c(C)c3)c2)C1=O. The third-order valence-corrected chi connectivity index (χ3v) is 5.86. The van der Waals surface area contributed by atoms with Crippen LogP contribution < -0.4 is 20.3 Å². The largest absolute Gasteiger partial charge is 0.495 e. The number of para-hydroxylation sites is 2. The highest BCUT2D eigenvalue weighted by Crippen LogP contribution is 2.35. The summed E-state index contributed by atoms with van der Waals surface area (Å²) < 4.78 is 5.28. The first-order valence-corrected chi connectivity index (χ1v) is 10.8. The predicted molar refractivity (Wildman–Crippen MR) is 132 cm³/mol. The van der Waals surface area contributed by atoms with Gasteiger partial charge in [-0.3, -0.25) is 14.4 Å². The lowest BCUT2D eigenvalue weighted by Gasteiger charge is -2.18. The van der Waals surface area contributed by atoms with E-state index in [9.17, 15) is 14.4 Å². The number of ether oxygens (including phenoxy) is 1. The second-order valence-electron chi connectivity index (χ2n) is 7.77. The Labute approximate surface area is 202 Å². The van der Waals surface area contributed by atoms with Gasteiger partial charge in [-0.25, -0.2) is 4.90 Å². The number of anilines is 3. The number of benzene rings is 3. The fourth-order valence-corrected chi connectivity index (χ4v) is 3.76. The standard InChI is InChI=1S/C26H22ClN3O4/c1-15-11-12-19(13-16(15)2)29-24(31)17-7-6-8-18(14-17)28-23-22(27)25(32)30(26(23)33)20-9-4-5-10-21(20)34-3/h4-14,28H,1-3H3,(H,29,31). The van der Waals surface area contributed by atoms with Crippen LogP contribution in [0.4, 0.5) is 17.1 Å². The fourth-order valence-electron chi connectivity index (χ4n) is 3.55. The van der Waals surface area contributed by atoms with Crippen LogP contribution >= 0.6 is 11.6 Å². The van der Waals surface area contributed by atoms with Crippen LogP contribution in [0.5, 0.6) is 5.75 Å². The maximum Gasteiger partial charge on any atom is 0.283 e. The number of halogens is 1. The van der Waals surface area contributed by atoms with Gasteiger partial charge in [-0.1, -0.05) is 35.9 Å². The maximum absolute atomic E-state index is 13.1. The van der Waals surface area contributed by atoms with E-state index in [0.29, 0.717) is 22.7 Å². The highest BCUT2D eigenvalue weighted by Gasteiger charge is 2.40. The molecule has 0 aromatic heterocycles. The summed E-state index contributed by atoms with van der Waals surface area (Å²) in [5, 5.41) is 5.51. The smallest absolute Gasteiger partial charge is 0.283 e. The Bertz CT molecular complexity index is 1350. The number of imide groups is 1. The maximum atomic E-state index is 13.1. The Balaban J connectivity index is 1.55. The summed E-state index contributed by atoms with van der Waals surface area (Å²) in [5.74, 6) is -1.23. The minimum atomic E-state index is -0.665. The Kier molecular flexibility index (Phi) is 6.38. The normalized spacial score (nSPS) is 13.4. The lowest BCUT2D eigenvalue weighted by Crippen LogP contribution is -2.32. The van der Waals surface area contributed by atoms with Crippen molar-refractivity contribution in [2.24, 2.45) is 0 Å². The number of hydrogen-bond donors (Lipinski definition) is 2. The molecule has 1 aliphatic rings. The molecule has 0 spiro atoms. The summed E-state index contributed by atoms with van der Waals surface area (Å²) in [6.07, 6.45) is 0. The van der Waals surface area contributed by atoms with Crippen molar-refractivity contribution in [2.75, 3.05) is 22.6 Å². The Morgan fingerprint density at radius 3 is 2.38 bits per heavy atom. The monoisotopic (exact) mass is 475 g/mol. The summed E-state index contributed by atoms with van der Waals surface area (Å²) in [4.78, 5) is 39.6. The zero-order valence-corrected chi connectivity index (χ0v) is 19.6. The van der Waals surface area contributed by atoms with E-state index in [0.717, 1.165) is 16.0 Å². The number of amides is 3. The van der Waals surface area contributed by atoms with Crippen molar-refractivity contribution in [3.8, 4) is 5.75 Å². The summed E-state index contributed by atoms with van der Waals surface area (Å²) in [6, 6.07) is 18.9. The molecule has 3 aromatic carbocycles. The van der Waals surface area contributed by atoms with Gasteiger partial charge < -0.3 is 15.4 Å². The fraction of sp³-hybridized carbons (Fsp3) is 0.115. The van der Waals surface area contributed by atoms with Crippen molar-refractivity contribution < 1.29 is 19.1 Å². The van der Waals surface area contributed by atoms with Crippen LogP contribution in [0.25, 0.3) is 0 Å². The molecule has 0 unspecified atom stereocenters. The van der Waals surface area contributed by atoms with E-state index in [1.54, 1.807) is 48.5 Å². The molecule has 0 bridgehead atoms. The third kappa shape index (κ3) is 4.38. The summed E-state index contributed by atoms with van der Waals surface area (Å²) >= 11 is 6.24. The molecule has 0 radical (unpaired) electrons. The van der Waals surface area contributed by atoms with Crippen molar-refractivity contribution in [1.29, 1.82) is 0 Å². The molecule has 2 N–H and O–H groups in total. The van der Waals surface area contributed by atoms with E-state index < -0.39 is 11.8 Å². The first-order valence-electron chi connectivity index (χ1n) is 10.5. The molecule has 4 rings (SSSR count). The van der Waals surface area contributed by atoms with Crippen molar-refractivity contribution in [3.63, 3.8) is 0 Å². The number of nitrogens with one attached hydrogen (secondary N) is 2. The highest BCUT2D eigenvalue weighted by molar-refractivity contribution is 6.53. The number of methoxy groups -OCH3 is 1. The zero-order valence-electron chi connectivity index (χ0n) is 18.8. The minimum absolute atomic E-state index is 0.0794. The molecule has 1 aliphatic heterocycles. The van der Waals surface area contributed by atoms with Crippen LogP contribution in [0, 0.1) is 13.8 Å². The van der Waals surface area contributed by atoms with Gasteiger partial charge in [0.05, 0.1) is 12.8 Å². The number of carbonyl (C=O) groups excluding carboxylic acids is 3. The summed E-state index contributed by atoms with van der Waals surface area (Å²) in [7, 11) is 1.45. The van der Waals surface area contributed by atoms with E-state index >= 15 is 0 Å². The molecule has 7 nitrogen and oxygen atoms in total. The summed E-state index contributed by atoms with van der Waals surface area (Å²) in [5.41, 5.74) is 3.90. The van der Waals surface area contributed by atoms with Crippen LogP contribution in [0.1, 0.15) is 21.5 Å². The Hall–Kier alpha value is -4.10. The average molecular weight is 476 g/mol. The summed E-state index contributed by atoms with van der Waals surface area (Å²) in [6.45, 7) is 3.97. The molecule has 0 saturated heterocycles. The predicted octanol–water partition coefficient (Wildman–Crippen LogP) is 5.00. The Morgan fingerprint density at radius 2 is 1.65 bits per heavy atom. The van der Waals surface area contributed by atoms with Crippen LogP contribution in [0.2, 0.25) is 0 Å². The van der Waals surface area contributed by atoms with Crippen LogP contribution in [-0.4, -0.2) is 24.8 Å². The van der Waals surface area contributed by atoms with E-state index in [-0.39, 0.29) is 22.3 Å². The van der Waals surface area contributed by atoms with Gasteiger partial charge in [0, 0.05) is 16.9 Å². The molecule has 0 fully saturated rings. The van der Waals surface area contributed by atoms with Crippen molar-refractivity contribution >= 4 is 46.4 Å². The average Bonchev–Trinajstić information content (AvgIpc) is 3.04. The topological polar surface area (TPSA) is 87.7 Å². The minimum Gasteiger partial charge on any atom is -0.495 e. The molecule has 0 saturated carbocycles. The van der Waals surface area contributed by atoms with Crippen molar-refractivity contribution in [3.05, 3.63) is 94.1 Å². The van der Waals surface area contributed by atoms with Gasteiger partial charge in [-0.2, -0.15) is 0 Å². The number of hydrogen-bond acceptors (Lipinski definition) is 5. The highest BCUT2D eigenvalue weighted by atomic mass is 35.5. The van der Waals surface area contributed by atoms with Gasteiger partial charge in [0.15, 0.2) is 0 Å².